The number of aryl methyl sites for hydroxylation is 1. The molecule has 0 bridgehead atoms. The van der Waals surface area contributed by atoms with Gasteiger partial charge in [-0.1, -0.05) is 24.3 Å². The highest BCUT2D eigenvalue weighted by Crippen LogP contribution is 2.21. The number of hydrogen-bond acceptors (Lipinski definition) is 2. The number of hydrogen-bond donors (Lipinski definition) is 1. The van der Waals surface area contributed by atoms with Gasteiger partial charge in [0.25, 0.3) is 0 Å². The highest BCUT2D eigenvalue weighted by molar-refractivity contribution is 5.73. The van der Waals surface area contributed by atoms with E-state index >= 15 is 0 Å². The SMILES string of the molecule is Cc1ccccc1CN1CCC[C@@H]1C(=O)O. The van der Waals surface area contributed by atoms with Crippen LogP contribution in [-0.2, 0) is 11.3 Å². The molecule has 16 heavy (non-hydrogen) atoms. The van der Waals surface area contributed by atoms with Gasteiger partial charge in [-0.15, -0.1) is 0 Å². The molecule has 2 rings (SSSR count). The largest absolute Gasteiger partial charge is 0.480 e. The lowest BCUT2D eigenvalue weighted by atomic mass is 10.1. The van der Waals surface area contributed by atoms with Crippen LogP contribution < -0.4 is 0 Å². The first kappa shape index (κ1) is 11.1. The van der Waals surface area contributed by atoms with E-state index in [1.807, 2.05) is 12.1 Å². The molecule has 0 unspecified atom stereocenters. The summed E-state index contributed by atoms with van der Waals surface area (Å²) in [5.41, 5.74) is 2.47. The maximum absolute atomic E-state index is 11.0. The van der Waals surface area contributed by atoms with Gasteiger partial charge in [-0.05, 0) is 37.4 Å². The van der Waals surface area contributed by atoms with Crippen molar-refractivity contribution in [3.8, 4) is 0 Å². The lowest BCUT2D eigenvalue weighted by Crippen LogP contribution is -2.35. The highest BCUT2D eigenvalue weighted by atomic mass is 16.4. The standard InChI is InChI=1S/C13H17NO2/c1-10-5-2-3-6-11(10)9-14-8-4-7-12(14)13(15)16/h2-3,5-6,12H,4,7-9H2,1H3,(H,15,16)/t12-/m1/s1. The predicted octanol–water partition coefficient (Wildman–Crippen LogP) is 2.04. The summed E-state index contributed by atoms with van der Waals surface area (Å²) in [5, 5.41) is 9.09. The summed E-state index contributed by atoms with van der Waals surface area (Å²) in [6.07, 6.45) is 1.77. The van der Waals surface area contributed by atoms with Crippen LogP contribution in [0.15, 0.2) is 24.3 Å². The molecule has 1 N–H and O–H groups in total. The maximum Gasteiger partial charge on any atom is 0.320 e. The predicted molar refractivity (Wildman–Crippen MR) is 62.2 cm³/mol. The van der Waals surface area contributed by atoms with E-state index in [1.165, 1.54) is 11.1 Å². The molecule has 3 nitrogen and oxygen atoms in total. The number of aliphatic carboxylic acids is 1. The molecule has 1 aliphatic rings. The van der Waals surface area contributed by atoms with E-state index in [9.17, 15) is 4.79 Å². The van der Waals surface area contributed by atoms with E-state index < -0.39 is 5.97 Å². The third-order valence-corrected chi connectivity index (χ3v) is 3.28. The fourth-order valence-electron chi connectivity index (χ4n) is 2.30. The molecule has 86 valence electrons. The van der Waals surface area contributed by atoms with Crippen molar-refractivity contribution in [1.29, 1.82) is 0 Å². The molecule has 0 aliphatic carbocycles. The molecule has 0 amide bonds. The molecular weight excluding hydrogens is 202 g/mol. The number of rotatable bonds is 3. The van der Waals surface area contributed by atoms with Crippen LogP contribution in [0.5, 0.6) is 0 Å². The summed E-state index contributed by atoms with van der Waals surface area (Å²) >= 11 is 0. The molecule has 1 heterocycles. The van der Waals surface area contributed by atoms with Gasteiger partial charge in [0, 0.05) is 6.54 Å². The minimum Gasteiger partial charge on any atom is -0.480 e. The molecule has 1 saturated heterocycles. The van der Waals surface area contributed by atoms with Crippen LogP contribution in [0.25, 0.3) is 0 Å². The average Bonchev–Trinajstić information content (AvgIpc) is 2.69. The smallest absolute Gasteiger partial charge is 0.320 e. The second kappa shape index (κ2) is 4.66. The molecule has 0 aromatic heterocycles. The normalized spacial score (nSPS) is 21.2. The maximum atomic E-state index is 11.0. The van der Waals surface area contributed by atoms with Gasteiger partial charge in [-0.3, -0.25) is 9.69 Å². The van der Waals surface area contributed by atoms with Crippen LogP contribution in [-0.4, -0.2) is 28.6 Å². The summed E-state index contributed by atoms with van der Waals surface area (Å²) in [4.78, 5) is 13.1. The second-order valence-corrected chi connectivity index (χ2v) is 4.39. The number of carboxylic acids is 1. The summed E-state index contributed by atoms with van der Waals surface area (Å²) in [6, 6.07) is 7.87. The molecule has 1 atom stereocenters. The second-order valence-electron chi connectivity index (χ2n) is 4.39. The van der Waals surface area contributed by atoms with Gasteiger partial charge in [-0.2, -0.15) is 0 Å². The van der Waals surface area contributed by atoms with Gasteiger partial charge in [0.2, 0.25) is 0 Å². The fraction of sp³-hybridized carbons (Fsp3) is 0.462. The number of carbonyl (C=O) groups is 1. The van der Waals surface area contributed by atoms with Gasteiger partial charge in [0.1, 0.15) is 6.04 Å². The topological polar surface area (TPSA) is 40.5 Å². The number of carboxylic acid groups (broad SMARTS) is 1. The lowest BCUT2D eigenvalue weighted by molar-refractivity contribution is -0.142. The van der Waals surface area contributed by atoms with Crippen LogP contribution in [0, 0.1) is 6.92 Å². The minimum atomic E-state index is -0.689. The third-order valence-electron chi connectivity index (χ3n) is 3.28. The average molecular weight is 219 g/mol. The van der Waals surface area contributed by atoms with Crippen molar-refractivity contribution in [3.63, 3.8) is 0 Å². The third kappa shape index (κ3) is 2.25. The van der Waals surface area contributed by atoms with Crippen molar-refractivity contribution in [3.05, 3.63) is 35.4 Å². The molecule has 0 spiro atoms. The van der Waals surface area contributed by atoms with E-state index in [1.54, 1.807) is 0 Å². The minimum absolute atomic E-state index is 0.292. The summed E-state index contributed by atoms with van der Waals surface area (Å²) < 4.78 is 0. The van der Waals surface area contributed by atoms with Crippen molar-refractivity contribution in [2.24, 2.45) is 0 Å². The molecule has 3 heteroatoms. The van der Waals surface area contributed by atoms with Gasteiger partial charge < -0.3 is 5.11 Å². The molecular formula is C13H17NO2. The first-order valence-electron chi connectivity index (χ1n) is 5.70. The van der Waals surface area contributed by atoms with Crippen molar-refractivity contribution < 1.29 is 9.90 Å². The Kier molecular flexibility index (Phi) is 3.25. The molecule has 1 fully saturated rings. The fourth-order valence-corrected chi connectivity index (χ4v) is 2.30. The Labute approximate surface area is 95.7 Å². The van der Waals surface area contributed by atoms with E-state index in [2.05, 4.69) is 24.0 Å². The summed E-state index contributed by atoms with van der Waals surface area (Å²) in [7, 11) is 0. The molecule has 0 saturated carbocycles. The van der Waals surface area contributed by atoms with Crippen LogP contribution in [0.2, 0.25) is 0 Å². The number of likely N-dealkylation sites (tertiary alicyclic amines) is 1. The van der Waals surface area contributed by atoms with E-state index in [4.69, 9.17) is 5.11 Å². The van der Waals surface area contributed by atoms with Gasteiger partial charge in [-0.25, -0.2) is 0 Å². The Morgan fingerprint density at radius 1 is 1.50 bits per heavy atom. The Morgan fingerprint density at radius 2 is 2.25 bits per heavy atom. The van der Waals surface area contributed by atoms with Crippen LogP contribution >= 0.6 is 0 Å². The summed E-state index contributed by atoms with van der Waals surface area (Å²) in [6.45, 7) is 3.72. The van der Waals surface area contributed by atoms with Crippen LogP contribution in [0.4, 0.5) is 0 Å². The summed E-state index contributed by atoms with van der Waals surface area (Å²) in [5.74, 6) is -0.689. The molecule has 1 aromatic carbocycles. The highest BCUT2D eigenvalue weighted by Gasteiger charge is 2.30. The number of benzene rings is 1. The Morgan fingerprint density at radius 3 is 2.94 bits per heavy atom. The zero-order chi connectivity index (χ0) is 11.5. The zero-order valence-electron chi connectivity index (χ0n) is 9.52. The Bertz CT molecular complexity index is 389. The first-order chi connectivity index (χ1) is 7.68. The van der Waals surface area contributed by atoms with Crippen molar-refractivity contribution in [1.82, 2.24) is 4.90 Å². The Hall–Kier alpha value is -1.35. The first-order valence-corrected chi connectivity index (χ1v) is 5.70. The van der Waals surface area contributed by atoms with Gasteiger partial charge >= 0.3 is 5.97 Å². The monoisotopic (exact) mass is 219 g/mol. The van der Waals surface area contributed by atoms with E-state index in [-0.39, 0.29) is 6.04 Å². The van der Waals surface area contributed by atoms with Gasteiger partial charge in [0.05, 0.1) is 0 Å². The van der Waals surface area contributed by atoms with Crippen molar-refractivity contribution in [2.75, 3.05) is 6.54 Å². The molecule has 1 aromatic rings. The van der Waals surface area contributed by atoms with E-state index in [0.29, 0.717) is 0 Å². The molecule has 1 aliphatic heterocycles. The number of nitrogens with zero attached hydrogens (tertiary/aromatic N) is 1. The zero-order valence-corrected chi connectivity index (χ0v) is 9.52. The van der Waals surface area contributed by atoms with Gasteiger partial charge in [0.15, 0.2) is 0 Å². The van der Waals surface area contributed by atoms with E-state index in [0.717, 1.165) is 25.9 Å². The molecule has 0 radical (unpaired) electrons. The Balaban J connectivity index is 2.10. The lowest BCUT2D eigenvalue weighted by Gasteiger charge is -2.21. The van der Waals surface area contributed by atoms with Crippen LogP contribution in [0.1, 0.15) is 24.0 Å². The quantitative estimate of drug-likeness (QED) is 0.845. The van der Waals surface area contributed by atoms with Crippen molar-refractivity contribution >= 4 is 5.97 Å². The van der Waals surface area contributed by atoms with Crippen LogP contribution in [0.3, 0.4) is 0 Å². The van der Waals surface area contributed by atoms with Crippen molar-refractivity contribution in [2.45, 2.75) is 32.4 Å².